The van der Waals surface area contributed by atoms with E-state index in [0.717, 1.165) is 0 Å². The highest BCUT2D eigenvalue weighted by Gasteiger charge is 2.23. The first-order valence-corrected chi connectivity index (χ1v) is 3.68. The van der Waals surface area contributed by atoms with E-state index in [4.69, 9.17) is 16.7 Å². The van der Waals surface area contributed by atoms with Crippen molar-refractivity contribution in [3.63, 3.8) is 0 Å². The van der Waals surface area contributed by atoms with Gasteiger partial charge < -0.3 is 5.11 Å². The second-order valence-electron chi connectivity index (χ2n) is 2.30. The van der Waals surface area contributed by atoms with Gasteiger partial charge in [0, 0.05) is 6.20 Å². The summed E-state index contributed by atoms with van der Waals surface area (Å²) in [7, 11) is 0. The van der Waals surface area contributed by atoms with Gasteiger partial charge in [0.2, 0.25) is 5.95 Å². The fourth-order valence-electron chi connectivity index (χ4n) is 0.818. The molecular formula is C7H3ClF3NO2. The number of carboxylic acids is 1. The molecule has 76 valence electrons. The van der Waals surface area contributed by atoms with Crippen LogP contribution in [-0.2, 0) is 0 Å². The summed E-state index contributed by atoms with van der Waals surface area (Å²) in [6, 6.07) is 0. The van der Waals surface area contributed by atoms with Crippen LogP contribution in [0.3, 0.4) is 0 Å². The van der Waals surface area contributed by atoms with Gasteiger partial charge in [-0.05, 0) is 0 Å². The van der Waals surface area contributed by atoms with E-state index < -0.39 is 34.5 Å². The number of hydrogen-bond acceptors (Lipinski definition) is 2. The summed E-state index contributed by atoms with van der Waals surface area (Å²) in [4.78, 5) is 13.3. The number of rotatable bonds is 2. The molecule has 1 heterocycles. The normalized spacial score (nSPS) is 10.6. The van der Waals surface area contributed by atoms with Crippen LogP contribution in [-0.4, -0.2) is 16.1 Å². The van der Waals surface area contributed by atoms with Crippen LogP contribution >= 0.6 is 11.6 Å². The zero-order chi connectivity index (χ0) is 10.9. The van der Waals surface area contributed by atoms with Crippen LogP contribution < -0.4 is 0 Å². The average Bonchev–Trinajstić information content (AvgIpc) is 2.02. The quantitative estimate of drug-likeness (QED) is 0.787. The predicted molar refractivity (Wildman–Crippen MR) is 41.1 cm³/mol. The van der Waals surface area contributed by atoms with Crippen molar-refractivity contribution in [1.82, 2.24) is 4.98 Å². The van der Waals surface area contributed by atoms with Crippen LogP contribution in [0.1, 0.15) is 22.3 Å². The molecule has 7 heteroatoms. The van der Waals surface area contributed by atoms with Crippen molar-refractivity contribution in [1.29, 1.82) is 0 Å². The number of halogens is 4. The lowest BCUT2D eigenvalue weighted by atomic mass is 10.2. The van der Waals surface area contributed by atoms with Gasteiger partial charge in [0.15, 0.2) is 0 Å². The minimum absolute atomic E-state index is 0.589. The Morgan fingerprint density at radius 1 is 1.57 bits per heavy atom. The molecule has 0 radical (unpaired) electrons. The summed E-state index contributed by atoms with van der Waals surface area (Å²) in [6.45, 7) is 0. The molecule has 0 aliphatic carbocycles. The Morgan fingerprint density at radius 2 is 2.14 bits per heavy atom. The van der Waals surface area contributed by atoms with Gasteiger partial charge in [-0.15, -0.1) is 0 Å². The monoisotopic (exact) mass is 225 g/mol. The van der Waals surface area contributed by atoms with Crippen molar-refractivity contribution >= 4 is 17.6 Å². The molecule has 0 fully saturated rings. The number of carboxylic acid groups (broad SMARTS) is 1. The first-order chi connectivity index (χ1) is 6.45. The third-order valence-corrected chi connectivity index (χ3v) is 1.86. The first kappa shape index (κ1) is 10.8. The van der Waals surface area contributed by atoms with Crippen LogP contribution in [0.2, 0.25) is 5.02 Å². The Kier molecular flexibility index (Phi) is 2.95. The molecule has 0 spiro atoms. The third kappa shape index (κ3) is 1.79. The summed E-state index contributed by atoms with van der Waals surface area (Å²) in [5, 5.41) is 7.65. The highest BCUT2D eigenvalue weighted by molar-refractivity contribution is 6.34. The van der Waals surface area contributed by atoms with Crippen LogP contribution in [0.25, 0.3) is 0 Å². The Bertz CT molecular complexity index is 383. The van der Waals surface area contributed by atoms with Crippen molar-refractivity contribution in [2.24, 2.45) is 0 Å². The highest BCUT2D eigenvalue weighted by Crippen LogP contribution is 2.30. The molecule has 1 N–H and O–H groups in total. The van der Waals surface area contributed by atoms with E-state index in [1.807, 2.05) is 0 Å². The van der Waals surface area contributed by atoms with Crippen LogP contribution in [0.4, 0.5) is 13.2 Å². The van der Waals surface area contributed by atoms with Crippen molar-refractivity contribution in [3.8, 4) is 0 Å². The van der Waals surface area contributed by atoms with Crippen molar-refractivity contribution < 1.29 is 23.1 Å². The fourth-order valence-corrected chi connectivity index (χ4v) is 1.11. The third-order valence-electron chi connectivity index (χ3n) is 1.45. The maximum absolute atomic E-state index is 12.7. The average molecular weight is 226 g/mol. The lowest BCUT2D eigenvalue weighted by Crippen LogP contribution is -2.05. The molecule has 0 saturated heterocycles. The van der Waals surface area contributed by atoms with E-state index in [1.165, 1.54) is 0 Å². The molecule has 0 saturated carbocycles. The summed E-state index contributed by atoms with van der Waals surface area (Å²) >= 11 is 5.26. The molecule has 0 atom stereocenters. The summed E-state index contributed by atoms with van der Waals surface area (Å²) < 4.78 is 37.0. The van der Waals surface area contributed by atoms with Gasteiger partial charge >= 0.3 is 5.97 Å². The highest BCUT2D eigenvalue weighted by atomic mass is 35.5. The van der Waals surface area contributed by atoms with E-state index in [2.05, 4.69) is 4.98 Å². The largest absolute Gasteiger partial charge is 0.478 e. The van der Waals surface area contributed by atoms with Gasteiger partial charge in [-0.3, -0.25) is 0 Å². The Balaban J connectivity index is 3.41. The molecule has 0 aromatic carbocycles. The number of aromatic nitrogens is 1. The predicted octanol–water partition coefficient (Wildman–Crippen LogP) is 2.51. The van der Waals surface area contributed by atoms with Gasteiger partial charge in [0.1, 0.15) is 0 Å². The van der Waals surface area contributed by atoms with E-state index in [9.17, 15) is 18.0 Å². The number of pyridine rings is 1. The van der Waals surface area contributed by atoms with Crippen LogP contribution in [0.5, 0.6) is 0 Å². The molecule has 0 aliphatic rings. The summed E-state index contributed by atoms with van der Waals surface area (Å²) in [5.41, 5.74) is -1.84. The van der Waals surface area contributed by atoms with Gasteiger partial charge in [0.25, 0.3) is 6.43 Å². The molecule has 1 rings (SSSR count). The molecule has 1 aromatic heterocycles. The fraction of sp³-hybridized carbons (Fsp3) is 0.143. The first-order valence-electron chi connectivity index (χ1n) is 3.30. The lowest BCUT2D eigenvalue weighted by molar-refractivity contribution is 0.0696. The van der Waals surface area contributed by atoms with E-state index in [-0.39, 0.29) is 0 Å². The van der Waals surface area contributed by atoms with Crippen molar-refractivity contribution in [2.75, 3.05) is 0 Å². The smallest absolute Gasteiger partial charge is 0.338 e. The van der Waals surface area contributed by atoms with Crippen LogP contribution in [0, 0.1) is 5.95 Å². The standard InChI is InChI=1S/C7H3ClF3NO2/c8-4-2(7(13)14)1-12-6(11)3(4)5(9)10/h1,5H,(H,13,14). The maximum Gasteiger partial charge on any atom is 0.338 e. The molecular weight excluding hydrogens is 223 g/mol. The van der Waals surface area contributed by atoms with E-state index >= 15 is 0 Å². The molecule has 3 nitrogen and oxygen atoms in total. The van der Waals surface area contributed by atoms with Gasteiger partial charge in [0.05, 0.1) is 16.1 Å². The molecule has 0 aliphatic heterocycles. The number of nitrogens with zero attached hydrogens (tertiary/aromatic N) is 1. The van der Waals surface area contributed by atoms with Crippen molar-refractivity contribution in [2.45, 2.75) is 6.43 Å². The van der Waals surface area contributed by atoms with E-state index in [0.29, 0.717) is 6.20 Å². The molecule has 1 aromatic rings. The molecule has 0 unspecified atom stereocenters. The van der Waals surface area contributed by atoms with Gasteiger partial charge in [-0.1, -0.05) is 11.6 Å². The number of alkyl halides is 2. The molecule has 0 amide bonds. The SMILES string of the molecule is O=C(O)c1cnc(F)c(C(F)F)c1Cl. The lowest BCUT2D eigenvalue weighted by Gasteiger charge is -2.05. The Labute approximate surface area is 81.1 Å². The Morgan fingerprint density at radius 3 is 2.57 bits per heavy atom. The van der Waals surface area contributed by atoms with Gasteiger partial charge in [-0.2, -0.15) is 4.39 Å². The second kappa shape index (κ2) is 3.83. The summed E-state index contributed by atoms with van der Waals surface area (Å²) in [5.74, 6) is -3.00. The number of aromatic carboxylic acids is 1. The minimum atomic E-state index is -3.20. The second-order valence-corrected chi connectivity index (χ2v) is 2.67. The minimum Gasteiger partial charge on any atom is -0.478 e. The number of carbonyl (C=O) groups is 1. The number of hydrogen-bond donors (Lipinski definition) is 1. The molecule has 14 heavy (non-hydrogen) atoms. The van der Waals surface area contributed by atoms with Crippen LogP contribution in [0.15, 0.2) is 6.20 Å². The topological polar surface area (TPSA) is 50.2 Å². The molecule has 0 bridgehead atoms. The Hall–Kier alpha value is -1.30. The van der Waals surface area contributed by atoms with E-state index in [1.54, 1.807) is 0 Å². The van der Waals surface area contributed by atoms with Gasteiger partial charge in [-0.25, -0.2) is 18.6 Å². The van der Waals surface area contributed by atoms with Crippen molar-refractivity contribution in [3.05, 3.63) is 28.3 Å². The summed E-state index contributed by atoms with van der Waals surface area (Å²) in [6.07, 6.45) is -2.61. The maximum atomic E-state index is 12.7. The zero-order valence-electron chi connectivity index (χ0n) is 6.47. The zero-order valence-corrected chi connectivity index (χ0v) is 7.23.